The third-order valence-electron chi connectivity index (χ3n) is 4.73. The van der Waals surface area contributed by atoms with Gasteiger partial charge in [-0.1, -0.05) is 31.4 Å². The van der Waals surface area contributed by atoms with Gasteiger partial charge in [0.05, 0.1) is 24.8 Å². The number of methoxy groups -OCH3 is 1. The summed E-state index contributed by atoms with van der Waals surface area (Å²) in [6, 6.07) is 14.6. The average Bonchev–Trinajstić information content (AvgIpc) is 2.95. The first-order valence-electron chi connectivity index (χ1n) is 9.43. The molecule has 0 aromatic heterocycles. The fraction of sp³-hybridized carbons (Fsp3) is 0.364. The maximum absolute atomic E-state index is 12.3. The van der Waals surface area contributed by atoms with Crippen LogP contribution in [0.4, 0.5) is 0 Å². The van der Waals surface area contributed by atoms with Gasteiger partial charge in [-0.05, 0) is 49.2 Å². The minimum Gasteiger partial charge on any atom is -0.497 e. The number of unbranched alkanes of at least 4 members (excludes halogenated alkanes) is 4. The third-order valence-corrected chi connectivity index (χ3v) is 4.73. The quantitative estimate of drug-likeness (QED) is 0.463. The first-order valence-corrected chi connectivity index (χ1v) is 9.43. The van der Waals surface area contributed by atoms with E-state index in [1.807, 2.05) is 24.3 Å². The minimum atomic E-state index is -0.163. The number of carbonyl (C=O) groups is 2. The second kappa shape index (κ2) is 9.21. The Morgan fingerprint density at radius 2 is 1.30 bits per heavy atom. The number of imide groups is 1. The minimum absolute atomic E-state index is 0.163. The number of hydrogen-bond donors (Lipinski definition) is 0. The van der Waals surface area contributed by atoms with Crippen LogP contribution < -0.4 is 9.47 Å². The highest BCUT2D eigenvalue weighted by Crippen LogP contribution is 2.23. The average molecular weight is 367 g/mol. The Kier molecular flexibility index (Phi) is 6.47. The molecule has 0 atom stereocenters. The topological polar surface area (TPSA) is 55.8 Å². The molecule has 0 spiro atoms. The molecule has 2 aromatic rings. The second-order valence-electron chi connectivity index (χ2n) is 6.60. The molecule has 0 bridgehead atoms. The van der Waals surface area contributed by atoms with E-state index in [2.05, 4.69) is 0 Å². The molecule has 2 amide bonds. The van der Waals surface area contributed by atoms with Gasteiger partial charge in [-0.15, -0.1) is 0 Å². The Labute approximate surface area is 159 Å². The van der Waals surface area contributed by atoms with E-state index in [1.54, 1.807) is 31.4 Å². The predicted octanol–water partition coefficient (Wildman–Crippen LogP) is 4.32. The lowest BCUT2D eigenvalue weighted by molar-refractivity contribution is 0.0651. The lowest BCUT2D eigenvalue weighted by Crippen LogP contribution is -2.30. The molecule has 0 unspecified atom stereocenters. The fourth-order valence-electron chi connectivity index (χ4n) is 3.21. The molecule has 1 aliphatic rings. The smallest absolute Gasteiger partial charge is 0.261 e. The zero-order valence-corrected chi connectivity index (χ0v) is 15.6. The van der Waals surface area contributed by atoms with Crippen LogP contribution in [0.15, 0.2) is 48.5 Å². The van der Waals surface area contributed by atoms with Gasteiger partial charge in [-0.25, -0.2) is 0 Å². The van der Waals surface area contributed by atoms with Gasteiger partial charge in [0.1, 0.15) is 11.5 Å². The molecule has 0 saturated carbocycles. The maximum Gasteiger partial charge on any atom is 0.261 e. The summed E-state index contributed by atoms with van der Waals surface area (Å²) in [5, 5.41) is 0. The molecule has 0 radical (unpaired) electrons. The van der Waals surface area contributed by atoms with Crippen molar-refractivity contribution < 1.29 is 19.1 Å². The molecule has 0 saturated heterocycles. The summed E-state index contributed by atoms with van der Waals surface area (Å²) >= 11 is 0. The highest BCUT2D eigenvalue weighted by molar-refractivity contribution is 6.21. The SMILES string of the molecule is COc1ccc(OCCCCCCCN2C(=O)c3ccccc3C2=O)cc1. The highest BCUT2D eigenvalue weighted by Gasteiger charge is 2.34. The van der Waals surface area contributed by atoms with Crippen molar-refractivity contribution in [2.24, 2.45) is 0 Å². The monoisotopic (exact) mass is 367 g/mol. The molecule has 142 valence electrons. The third kappa shape index (κ3) is 4.67. The molecule has 0 N–H and O–H groups in total. The van der Waals surface area contributed by atoms with E-state index in [0.717, 1.165) is 43.6 Å². The predicted molar refractivity (Wildman–Crippen MR) is 103 cm³/mol. The number of ether oxygens (including phenoxy) is 2. The van der Waals surface area contributed by atoms with Crippen LogP contribution in [0.25, 0.3) is 0 Å². The molecule has 1 heterocycles. The number of rotatable bonds is 10. The second-order valence-corrected chi connectivity index (χ2v) is 6.60. The zero-order valence-electron chi connectivity index (χ0n) is 15.6. The van der Waals surface area contributed by atoms with E-state index in [-0.39, 0.29) is 11.8 Å². The Bertz CT molecular complexity index is 750. The molecule has 1 aliphatic heterocycles. The van der Waals surface area contributed by atoms with Gasteiger partial charge in [-0.2, -0.15) is 0 Å². The van der Waals surface area contributed by atoms with Crippen molar-refractivity contribution in [1.29, 1.82) is 0 Å². The number of benzene rings is 2. The van der Waals surface area contributed by atoms with Crippen LogP contribution >= 0.6 is 0 Å². The van der Waals surface area contributed by atoms with Crippen molar-refractivity contribution in [3.63, 3.8) is 0 Å². The molecule has 3 rings (SSSR count). The van der Waals surface area contributed by atoms with Gasteiger partial charge in [0.15, 0.2) is 0 Å². The molecular formula is C22H25NO4. The van der Waals surface area contributed by atoms with Crippen LogP contribution in [0.1, 0.15) is 52.8 Å². The van der Waals surface area contributed by atoms with Gasteiger partial charge >= 0.3 is 0 Å². The van der Waals surface area contributed by atoms with Gasteiger partial charge in [-0.3, -0.25) is 14.5 Å². The maximum atomic E-state index is 12.3. The Balaban J connectivity index is 1.28. The van der Waals surface area contributed by atoms with Gasteiger partial charge in [0, 0.05) is 6.54 Å². The van der Waals surface area contributed by atoms with E-state index in [0.29, 0.717) is 24.3 Å². The van der Waals surface area contributed by atoms with Crippen LogP contribution in [-0.4, -0.2) is 37.0 Å². The fourth-order valence-corrected chi connectivity index (χ4v) is 3.21. The van der Waals surface area contributed by atoms with Crippen LogP contribution in [0.2, 0.25) is 0 Å². The van der Waals surface area contributed by atoms with Gasteiger partial charge < -0.3 is 9.47 Å². The van der Waals surface area contributed by atoms with Crippen molar-refractivity contribution in [3.8, 4) is 11.5 Å². The van der Waals surface area contributed by atoms with Gasteiger partial charge in [0.25, 0.3) is 11.8 Å². The van der Waals surface area contributed by atoms with Crippen molar-refractivity contribution in [1.82, 2.24) is 4.90 Å². The summed E-state index contributed by atoms with van der Waals surface area (Å²) in [5.41, 5.74) is 1.05. The van der Waals surface area contributed by atoms with E-state index in [1.165, 1.54) is 4.90 Å². The molecule has 0 aliphatic carbocycles. The Morgan fingerprint density at radius 3 is 1.93 bits per heavy atom. The Morgan fingerprint density at radius 1 is 0.741 bits per heavy atom. The Hall–Kier alpha value is -2.82. The van der Waals surface area contributed by atoms with Crippen LogP contribution in [-0.2, 0) is 0 Å². The van der Waals surface area contributed by atoms with Crippen molar-refractivity contribution in [3.05, 3.63) is 59.7 Å². The number of hydrogen-bond acceptors (Lipinski definition) is 4. The van der Waals surface area contributed by atoms with Crippen LogP contribution in [0.3, 0.4) is 0 Å². The lowest BCUT2D eigenvalue weighted by Gasteiger charge is -2.13. The van der Waals surface area contributed by atoms with Crippen molar-refractivity contribution >= 4 is 11.8 Å². The molecule has 0 fully saturated rings. The summed E-state index contributed by atoms with van der Waals surface area (Å²) in [4.78, 5) is 25.9. The summed E-state index contributed by atoms with van der Waals surface area (Å²) in [6.07, 6.45) is 4.95. The molecule has 27 heavy (non-hydrogen) atoms. The number of nitrogens with zero attached hydrogens (tertiary/aromatic N) is 1. The summed E-state index contributed by atoms with van der Waals surface area (Å²) in [7, 11) is 1.64. The number of amides is 2. The summed E-state index contributed by atoms with van der Waals surface area (Å²) in [5.74, 6) is 1.34. The van der Waals surface area contributed by atoms with E-state index < -0.39 is 0 Å². The highest BCUT2D eigenvalue weighted by atomic mass is 16.5. The van der Waals surface area contributed by atoms with Gasteiger partial charge in [0.2, 0.25) is 0 Å². The molecular weight excluding hydrogens is 342 g/mol. The zero-order chi connectivity index (χ0) is 19.1. The molecule has 5 heteroatoms. The van der Waals surface area contributed by atoms with E-state index >= 15 is 0 Å². The normalized spacial score (nSPS) is 13.0. The first kappa shape index (κ1) is 19.0. The van der Waals surface area contributed by atoms with Crippen molar-refractivity contribution in [2.75, 3.05) is 20.3 Å². The number of carbonyl (C=O) groups excluding carboxylic acids is 2. The van der Waals surface area contributed by atoms with E-state index in [4.69, 9.17) is 9.47 Å². The summed E-state index contributed by atoms with van der Waals surface area (Å²) < 4.78 is 10.8. The van der Waals surface area contributed by atoms with E-state index in [9.17, 15) is 9.59 Å². The summed E-state index contributed by atoms with van der Waals surface area (Å²) in [6.45, 7) is 1.18. The largest absolute Gasteiger partial charge is 0.497 e. The van der Waals surface area contributed by atoms with Crippen LogP contribution in [0.5, 0.6) is 11.5 Å². The standard InChI is InChI=1S/C22H25NO4/c1-26-17-11-13-18(14-12-17)27-16-8-4-2-3-7-15-23-21(24)19-9-5-6-10-20(19)22(23)25/h5-6,9-14H,2-4,7-8,15-16H2,1H3. The van der Waals surface area contributed by atoms with Crippen LogP contribution in [0, 0.1) is 0 Å². The number of fused-ring (bicyclic) bond motifs is 1. The molecule has 2 aromatic carbocycles. The first-order chi connectivity index (χ1) is 13.2. The molecule has 5 nitrogen and oxygen atoms in total. The lowest BCUT2D eigenvalue weighted by atomic mass is 10.1. The van der Waals surface area contributed by atoms with Crippen molar-refractivity contribution in [2.45, 2.75) is 32.1 Å².